The van der Waals surface area contributed by atoms with Gasteiger partial charge in [0.2, 0.25) is 0 Å². The summed E-state index contributed by atoms with van der Waals surface area (Å²) in [6, 6.07) is 11.8. The van der Waals surface area contributed by atoms with Crippen molar-refractivity contribution in [2.75, 3.05) is 0 Å². The van der Waals surface area contributed by atoms with Gasteiger partial charge in [-0.05, 0) is 54.8 Å². The average molecular weight is 326 g/mol. The van der Waals surface area contributed by atoms with Gasteiger partial charge >= 0.3 is 0 Å². The second-order valence-electron chi connectivity index (χ2n) is 4.29. The predicted molar refractivity (Wildman–Crippen MR) is 79.4 cm³/mol. The third kappa shape index (κ3) is 3.27. The van der Waals surface area contributed by atoms with Crippen molar-refractivity contribution in [3.05, 3.63) is 62.6 Å². The van der Waals surface area contributed by atoms with Crippen LogP contribution < -0.4 is 4.74 Å². The number of hydrogen-bond acceptors (Lipinski definition) is 1. The molecule has 0 amide bonds. The Balaban J connectivity index is 2.08. The first kappa shape index (κ1) is 13.4. The van der Waals surface area contributed by atoms with E-state index in [9.17, 15) is 0 Å². The zero-order valence-electron chi connectivity index (χ0n) is 10.3. The van der Waals surface area contributed by atoms with Gasteiger partial charge in [-0.2, -0.15) is 0 Å². The Morgan fingerprint density at radius 1 is 1.06 bits per heavy atom. The molecule has 2 rings (SSSR count). The number of rotatable bonds is 3. The SMILES string of the molecule is Cc1cc(OCc2ccc(Cl)cc2)cc(C)c1Br. The molecule has 1 nitrogen and oxygen atoms in total. The summed E-state index contributed by atoms with van der Waals surface area (Å²) in [5.74, 6) is 0.892. The highest BCUT2D eigenvalue weighted by Gasteiger charge is 2.03. The summed E-state index contributed by atoms with van der Waals surface area (Å²) in [7, 11) is 0. The van der Waals surface area contributed by atoms with Crippen molar-refractivity contribution in [3.63, 3.8) is 0 Å². The Bertz CT molecular complexity index is 526. The van der Waals surface area contributed by atoms with Crippen LogP contribution in [-0.4, -0.2) is 0 Å². The quantitative estimate of drug-likeness (QED) is 0.744. The molecule has 0 saturated heterocycles. The molecule has 0 aromatic heterocycles. The topological polar surface area (TPSA) is 9.23 Å². The van der Waals surface area contributed by atoms with Crippen LogP contribution in [0.25, 0.3) is 0 Å². The smallest absolute Gasteiger partial charge is 0.120 e. The monoisotopic (exact) mass is 324 g/mol. The van der Waals surface area contributed by atoms with Crippen molar-refractivity contribution in [2.45, 2.75) is 20.5 Å². The Morgan fingerprint density at radius 2 is 1.61 bits per heavy atom. The van der Waals surface area contributed by atoms with Gasteiger partial charge in [0.05, 0.1) is 0 Å². The molecule has 0 aliphatic heterocycles. The lowest BCUT2D eigenvalue weighted by Crippen LogP contribution is -1.96. The maximum atomic E-state index is 5.84. The number of halogens is 2. The largest absolute Gasteiger partial charge is 0.489 e. The van der Waals surface area contributed by atoms with Crippen LogP contribution in [0.4, 0.5) is 0 Å². The second kappa shape index (κ2) is 5.77. The number of ether oxygens (including phenoxy) is 1. The summed E-state index contributed by atoms with van der Waals surface area (Å²) >= 11 is 9.39. The highest BCUT2D eigenvalue weighted by molar-refractivity contribution is 9.10. The van der Waals surface area contributed by atoms with Gasteiger partial charge in [0.1, 0.15) is 12.4 Å². The minimum atomic E-state index is 0.553. The zero-order valence-corrected chi connectivity index (χ0v) is 12.7. The van der Waals surface area contributed by atoms with E-state index in [1.165, 1.54) is 11.1 Å². The number of aryl methyl sites for hydroxylation is 2. The van der Waals surface area contributed by atoms with Crippen LogP contribution >= 0.6 is 27.5 Å². The van der Waals surface area contributed by atoms with Gasteiger partial charge in [-0.1, -0.05) is 39.7 Å². The van der Waals surface area contributed by atoms with Gasteiger partial charge in [-0.25, -0.2) is 0 Å². The van der Waals surface area contributed by atoms with E-state index in [0.717, 1.165) is 20.8 Å². The molecule has 0 spiro atoms. The fourth-order valence-corrected chi connectivity index (χ4v) is 2.09. The van der Waals surface area contributed by atoms with E-state index >= 15 is 0 Å². The Hall–Kier alpha value is -0.990. The van der Waals surface area contributed by atoms with Crippen LogP contribution in [0.2, 0.25) is 5.02 Å². The lowest BCUT2D eigenvalue weighted by atomic mass is 10.1. The first-order chi connectivity index (χ1) is 8.56. The Labute approximate surface area is 121 Å². The molecule has 94 valence electrons. The first-order valence-corrected chi connectivity index (χ1v) is 6.87. The highest BCUT2D eigenvalue weighted by atomic mass is 79.9. The van der Waals surface area contributed by atoms with Crippen molar-refractivity contribution in [2.24, 2.45) is 0 Å². The van der Waals surface area contributed by atoms with Gasteiger partial charge in [0.25, 0.3) is 0 Å². The third-order valence-corrected chi connectivity index (χ3v) is 4.23. The molecule has 0 heterocycles. The molecule has 0 N–H and O–H groups in total. The van der Waals surface area contributed by atoms with Gasteiger partial charge in [-0.3, -0.25) is 0 Å². The lowest BCUT2D eigenvalue weighted by molar-refractivity contribution is 0.306. The molecule has 0 atom stereocenters. The fourth-order valence-electron chi connectivity index (χ4n) is 1.74. The highest BCUT2D eigenvalue weighted by Crippen LogP contribution is 2.26. The van der Waals surface area contributed by atoms with Gasteiger partial charge < -0.3 is 4.74 Å². The van der Waals surface area contributed by atoms with Gasteiger partial charge in [-0.15, -0.1) is 0 Å². The molecule has 0 aliphatic carbocycles. The van der Waals surface area contributed by atoms with E-state index < -0.39 is 0 Å². The molecule has 2 aromatic carbocycles. The van der Waals surface area contributed by atoms with Crippen LogP contribution in [0.15, 0.2) is 40.9 Å². The van der Waals surface area contributed by atoms with E-state index in [-0.39, 0.29) is 0 Å². The molecule has 0 radical (unpaired) electrons. The molecule has 0 saturated carbocycles. The minimum Gasteiger partial charge on any atom is -0.489 e. The molecule has 0 unspecified atom stereocenters. The first-order valence-electron chi connectivity index (χ1n) is 5.70. The summed E-state index contributed by atoms with van der Waals surface area (Å²) in [6.45, 7) is 4.68. The van der Waals surface area contributed by atoms with Crippen molar-refractivity contribution in [1.82, 2.24) is 0 Å². The van der Waals surface area contributed by atoms with Gasteiger partial charge in [0.15, 0.2) is 0 Å². The maximum Gasteiger partial charge on any atom is 0.120 e. The van der Waals surface area contributed by atoms with Crippen molar-refractivity contribution in [1.29, 1.82) is 0 Å². The summed E-state index contributed by atoms with van der Waals surface area (Å²) in [5, 5.41) is 0.745. The molecule has 18 heavy (non-hydrogen) atoms. The second-order valence-corrected chi connectivity index (χ2v) is 5.52. The van der Waals surface area contributed by atoms with E-state index in [0.29, 0.717) is 6.61 Å². The van der Waals surface area contributed by atoms with Crippen LogP contribution in [-0.2, 0) is 6.61 Å². The number of benzene rings is 2. The van der Waals surface area contributed by atoms with E-state index in [2.05, 4.69) is 29.8 Å². The van der Waals surface area contributed by atoms with Gasteiger partial charge in [0, 0.05) is 9.50 Å². The molecule has 0 aliphatic rings. The normalized spacial score (nSPS) is 10.4. The zero-order chi connectivity index (χ0) is 13.1. The Morgan fingerprint density at radius 3 is 2.17 bits per heavy atom. The van der Waals surface area contributed by atoms with Crippen LogP contribution in [0.3, 0.4) is 0 Å². The van der Waals surface area contributed by atoms with Crippen LogP contribution in [0, 0.1) is 13.8 Å². The Kier molecular flexibility index (Phi) is 4.31. The average Bonchev–Trinajstić information content (AvgIpc) is 2.35. The van der Waals surface area contributed by atoms with Crippen LogP contribution in [0.5, 0.6) is 5.75 Å². The van der Waals surface area contributed by atoms with E-state index in [1.54, 1.807) is 0 Å². The lowest BCUT2D eigenvalue weighted by Gasteiger charge is -2.10. The molecule has 0 bridgehead atoms. The molecule has 3 heteroatoms. The standard InChI is InChI=1S/C15H14BrClO/c1-10-7-14(8-11(2)15(10)16)18-9-12-3-5-13(17)6-4-12/h3-8H,9H2,1-2H3. The summed E-state index contributed by atoms with van der Waals surface area (Å²) in [6.07, 6.45) is 0. The molecule has 2 aromatic rings. The van der Waals surface area contributed by atoms with E-state index in [4.69, 9.17) is 16.3 Å². The van der Waals surface area contributed by atoms with E-state index in [1.807, 2.05) is 36.4 Å². The predicted octanol–water partition coefficient (Wildman–Crippen LogP) is 5.30. The minimum absolute atomic E-state index is 0.553. The van der Waals surface area contributed by atoms with Crippen molar-refractivity contribution in [3.8, 4) is 5.75 Å². The molecule has 0 fully saturated rings. The van der Waals surface area contributed by atoms with Crippen molar-refractivity contribution >= 4 is 27.5 Å². The fraction of sp³-hybridized carbons (Fsp3) is 0.200. The maximum absolute atomic E-state index is 5.84. The van der Waals surface area contributed by atoms with Crippen LogP contribution in [0.1, 0.15) is 16.7 Å². The third-order valence-electron chi connectivity index (χ3n) is 2.73. The van der Waals surface area contributed by atoms with Crippen molar-refractivity contribution < 1.29 is 4.74 Å². The summed E-state index contributed by atoms with van der Waals surface area (Å²) in [4.78, 5) is 0. The number of hydrogen-bond donors (Lipinski definition) is 0. The molecular weight excluding hydrogens is 312 g/mol. The summed E-state index contributed by atoms with van der Waals surface area (Å²) < 4.78 is 6.92. The molecular formula is C15H14BrClO. The summed E-state index contributed by atoms with van der Waals surface area (Å²) in [5.41, 5.74) is 3.47.